The van der Waals surface area contributed by atoms with Crippen LogP contribution in [0.3, 0.4) is 0 Å². The van der Waals surface area contributed by atoms with Crippen LogP contribution in [0, 0.1) is 0 Å². The fraction of sp³-hybridized carbons (Fsp3) is 0.765. The lowest BCUT2D eigenvalue weighted by molar-refractivity contribution is -0.0750. The van der Waals surface area contributed by atoms with E-state index in [0.29, 0.717) is 0 Å². The van der Waals surface area contributed by atoms with Gasteiger partial charge in [-0.2, -0.15) is 0 Å². The summed E-state index contributed by atoms with van der Waals surface area (Å²) in [5.74, 6) is 0. The molecule has 0 saturated carbocycles. The second kappa shape index (κ2) is 12.3. The molecule has 0 radical (unpaired) electrons. The van der Waals surface area contributed by atoms with Crippen LogP contribution in [0.2, 0.25) is 0 Å². The van der Waals surface area contributed by atoms with Crippen LogP contribution < -0.4 is 0 Å². The molecule has 0 N–H and O–H groups in total. The van der Waals surface area contributed by atoms with E-state index in [2.05, 4.69) is 6.92 Å². The van der Waals surface area contributed by atoms with Gasteiger partial charge in [-0.15, -0.1) is 0 Å². The Balaban J connectivity index is 1.74. The van der Waals surface area contributed by atoms with Crippen molar-refractivity contribution in [3.8, 4) is 0 Å². The fourth-order valence-electron chi connectivity index (χ4n) is 2.25. The Morgan fingerprint density at radius 3 is 2.05 bits per heavy atom. The molecule has 2 nitrogen and oxygen atoms in total. The van der Waals surface area contributed by atoms with Crippen molar-refractivity contribution < 1.29 is 9.47 Å². The molecule has 0 aromatic rings. The molecule has 0 spiro atoms. The topological polar surface area (TPSA) is 18.5 Å². The second-order valence-electron chi connectivity index (χ2n) is 5.27. The summed E-state index contributed by atoms with van der Waals surface area (Å²) in [5.41, 5.74) is 0. The summed E-state index contributed by atoms with van der Waals surface area (Å²) in [6.07, 6.45) is 20.9. The van der Waals surface area contributed by atoms with Crippen molar-refractivity contribution in [1.82, 2.24) is 0 Å². The van der Waals surface area contributed by atoms with Crippen molar-refractivity contribution in [3.05, 3.63) is 24.5 Å². The van der Waals surface area contributed by atoms with Gasteiger partial charge < -0.3 is 9.47 Å². The molecule has 2 heteroatoms. The molecular weight excluding hydrogens is 236 g/mol. The van der Waals surface area contributed by atoms with E-state index < -0.39 is 0 Å². The Kier molecular flexibility index (Phi) is 10.5. The van der Waals surface area contributed by atoms with Gasteiger partial charge in [-0.1, -0.05) is 70.8 Å². The fourth-order valence-corrected chi connectivity index (χ4v) is 2.25. The smallest absolute Gasteiger partial charge is 0.219 e. The van der Waals surface area contributed by atoms with Gasteiger partial charge in [0.15, 0.2) is 0 Å². The van der Waals surface area contributed by atoms with Crippen LogP contribution in [0.1, 0.15) is 71.1 Å². The molecule has 0 bridgehead atoms. The van der Waals surface area contributed by atoms with Crippen LogP contribution >= 0.6 is 0 Å². The highest BCUT2D eigenvalue weighted by Crippen LogP contribution is 2.11. The highest BCUT2D eigenvalue weighted by atomic mass is 16.7. The number of hydrogen-bond donors (Lipinski definition) is 0. The van der Waals surface area contributed by atoms with Crippen molar-refractivity contribution in [2.45, 2.75) is 77.4 Å². The van der Waals surface area contributed by atoms with Crippen LogP contribution in [-0.2, 0) is 9.47 Å². The highest BCUT2D eigenvalue weighted by Gasteiger charge is 2.04. The first-order chi connectivity index (χ1) is 9.43. The lowest BCUT2D eigenvalue weighted by Gasteiger charge is -2.15. The Bertz CT molecular complexity index is 246. The van der Waals surface area contributed by atoms with E-state index >= 15 is 0 Å². The lowest BCUT2D eigenvalue weighted by Crippen LogP contribution is -2.13. The van der Waals surface area contributed by atoms with Gasteiger partial charge in [0.25, 0.3) is 0 Å². The largest absolute Gasteiger partial charge is 0.469 e. The Morgan fingerprint density at radius 1 is 0.842 bits per heavy atom. The zero-order valence-electron chi connectivity index (χ0n) is 12.5. The van der Waals surface area contributed by atoms with Crippen molar-refractivity contribution >= 4 is 0 Å². The van der Waals surface area contributed by atoms with Gasteiger partial charge in [0.05, 0.1) is 12.9 Å². The molecule has 1 unspecified atom stereocenters. The first kappa shape index (κ1) is 16.3. The third kappa shape index (κ3) is 9.77. The SMILES string of the molecule is CCCCCCCCCCCCOC1C=CC=CO1. The van der Waals surface area contributed by atoms with Gasteiger partial charge in [-0.25, -0.2) is 0 Å². The van der Waals surface area contributed by atoms with Crippen molar-refractivity contribution in [2.75, 3.05) is 6.61 Å². The molecule has 0 aliphatic carbocycles. The van der Waals surface area contributed by atoms with E-state index in [1.807, 2.05) is 18.2 Å². The van der Waals surface area contributed by atoms with E-state index in [4.69, 9.17) is 9.47 Å². The highest BCUT2D eigenvalue weighted by molar-refractivity contribution is 5.05. The molecule has 0 aromatic carbocycles. The maximum atomic E-state index is 5.59. The lowest BCUT2D eigenvalue weighted by atomic mass is 10.1. The van der Waals surface area contributed by atoms with E-state index in [1.54, 1.807) is 6.26 Å². The van der Waals surface area contributed by atoms with E-state index in [0.717, 1.165) is 13.0 Å². The van der Waals surface area contributed by atoms with E-state index in [9.17, 15) is 0 Å². The summed E-state index contributed by atoms with van der Waals surface area (Å²) in [6.45, 7) is 3.08. The Morgan fingerprint density at radius 2 is 1.47 bits per heavy atom. The zero-order chi connectivity index (χ0) is 13.6. The third-order valence-corrected chi connectivity index (χ3v) is 3.45. The van der Waals surface area contributed by atoms with Gasteiger partial charge in [-0.3, -0.25) is 0 Å². The van der Waals surface area contributed by atoms with Gasteiger partial charge in [0.2, 0.25) is 6.29 Å². The van der Waals surface area contributed by atoms with Crippen molar-refractivity contribution in [2.24, 2.45) is 0 Å². The number of ether oxygens (including phenoxy) is 2. The second-order valence-corrected chi connectivity index (χ2v) is 5.27. The molecule has 1 rings (SSSR count). The number of rotatable bonds is 12. The summed E-state index contributed by atoms with van der Waals surface area (Å²) < 4.78 is 10.9. The van der Waals surface area contributed by atoms with Crippen molar-refractivity contribution in [1.29, 1.82) is 0 Å². The van der Waals surface area contributed by atoms with Gasteiger partial charge in [0.1, 0.15) is 0 Å². The average Bonchev–Trinajstić information content (AvgIpc) is 2.46. The third-order valence-electron chi connectivity index (χ3n) is 3.45. The minimum Gasteiger partial charge on any atom is -0.469 e. The molecule has 0 saturated heterocycles. The summed E-state index contributed by atoms with van der Waals surface area (Å²) in [6, 6.07) is 0. The maximum absolute atomic E-state index is 5.59. The summed E-state index contributed by atoms with van der Waals surface area (Å²) in [4.78, 5) is 0. The molecule has 0 amide bonds. The summed E-state index contributed by atoms with van der Waals surface area (Å²) >= 11 is 0. The minimum atomic E-state index is -0.163. The van der Waals surface area contributed by atoms with Gasteiger partial charge in [-0.05, 0) is 18.6 Å². The molecule has 19 heavy (non-hydrogen) atoms. The molecule has 1 atom stereocenters. The number of hydrogen-bond acceptors (Lipinski definition) is 2. The quantitative estimate of drug-likeness (QED) is 0.443. The van der Waals surface area contributed by atoms with Crippen LogP contribution in [0.25, 0.3) is 0 Å². The van der Waals surface area contributed by atoms with E-state index in [1.165, 1.54) is 57.8 Å². The maximum Gasteiger partial charge on any atom is 0.219 e. The molecule has 0 fully saturated rings. The van der Waals surface area contributed by atoms with Gasteiger partial charge >= 0.3 is 0 Å². The predicted octanol–water partition coefficient (Wildman–Crippen LogP) is 5.35. The molecule has 1 heterocycles. The molecule has 1 aliphatic heterocycles. The minimum absolute atomic E-state index is 0.163. The predicted molar refractivity (Wildman–Crippen MR) is 80.9 cm³/mol. The Labute approximate surface area is 118 Å². The van der Waals surface area contributed by atoms with Crippen molar-refractivity contribution in [3.63, 3.8) is 0 Å². The zero-order valence-corrected chi connectivity index (χ0v) is 12.5. The first-order valence-corrected chi connectivity index (χ1v) is 8.04. The summed E-state index contributed by atoms with van der Waals surface area (Å²) in [5, 5.41) is 0. The van der Waals surface area contributed by atoms with Crippen LogP contribution in [0.5, 0.6) is 0 Å². The normalized spacial score (nSPS) is 17.6. The molecule has 1 aliphatic rings. The molecular formula is C17H30O2. The standard InChI is InChI=1S/C17H30O2/c1-2-3-4-5-6-7-8-9-10-12-15-18-17-14-11-13-16-19-17/h11,13-14,16-17H,2-10,12,15H2,1H3. The average molecular weight is 266 g/mol. The number of allylic oxidation sites excluding steroid dienone is 2. The van der Waals surface area contributed by atoms with Crippen LogP contribution in [-0.4, -0.2) is 12.9 Å². The van der Waals surface area contributed by atoms with Crippen LogP contribution in [0.15, 0.2) is 24.5 Å². The monoisotopic (exact) mass is 266 g/mol. The Hall–Kier alpha value is -0.760. The molecule has 0 aromatic heterocycles. The first-order valence-electron chi connectivity index (χ1n) is 8.04. The van der Waals surface area contributed by atoms with Gasteiger partial charge in [0, 0.05) is 0 Å². The molecule has 110 valence electrons. The number of unbranched alkanes of at least 4 members (excludes halogenated alkanes) is 9. The van der Waals surface area contributed by atoms with Crippen LogP contribution in [0.4, 0.5) is 0 Å². The van der Waals surface area contributed by atoms with E-state index in [-0.39, 0.29) is 6.29 Å². The summed E-state index contributed by atoms with van der Waals surface area (Å²) in [7, 11) is 0.